The minimum Gasteiger partial charge on any atom is -0.340 e. The summed E-state index contributed by atoms with van der Waals surface area (Å²) < 4.78 is 1.38. The first kappa shape index (κ1) is 22.4. The van der Waals surface area contributed by atoms with Crippen molar-refractivity contribution in [1.82, 2.24) is 24.4 Å². The molecule has 0 spiro atoms. The summed E-state index contributed by atoms with van der Waals surface area (Å²) >= 11 is 1.43. The summed E-state index contributed by atoms with van der Waals surface area (Å²) in [4.78, 5) is 34.8. The number of aryl methyl sites for hydroxylation is 2. The lowest BCUT2D eigenvalue weighted by molar-refractivity contribution is -0.133. The minimum absolute atomic E-state index is 0.162. The first-order valence-corrected chi connectivity index (χ1v) is 12.4. The van der Waals surface area contributed by atoms with E-state index in [9.17, 15) is 9.59 Å². The average molecular weight is 474 g/mol. The van der Waals surface area contributed by atoms with Crippen molar-refractivity contribution in [2.24, 2.45) is 0 Å². The van der Waals surface area contributed by atoms with Crippen molar-refractivity contribution < 1.29 is 4.79 Å². The third-order valence-electron chi connectivity index (χ3n) is 6.14. The van der Waals surface area contributed by atoms with Crippen molar-refractivity contribution in [2.45, 2.75) is 26.3 Å². The highest BCUT2D eigenvalue weighted by molar-refractivity contribution is 7.19. The Kier molecular flexibility index (Phi) is 6.51. The molecule has 1 amide bonds. The number of carbonyl (C=O) groups excluding carboxylic acids is 1. The lowest BCUT2D eigenvalue weighted by Gasteiger charge is -2.34. The van der Waals surface area contributed by atoms with E-state index in [4.69, 9.17) is 4.98 Å². The zero-order valence-electron chi connectivity index (χ0n) is 19.2. The molecule has 34 heavy (non-hydrogen) atoms. The maximum atomic E-state index is 12.7. The van der Waals surface area contributed by atoms with E-state index in [1.165, 1.54) is 21.4 Å². The summed E-state index contributed by atoms with van der Waals surface area (Å²) in [6.07, 6.45) is 1.31. The number of hydrogen-bond donors (Lipinski definition) is 0. The molecule has 0 N–H and O–H groups in total. The number of nitrogens with zero attached hydrogens (tertiary/aromatic N) is 5. The molecule has 3 heterocycles. The van der Waals surface area contributed by atoms with Crippen molar-refractivity contribution in [2.75, 3.05) is 26.2 Å². The van der Waals surface area contributed by atoms with Crippen LogP contribution >= 0.6 is 11.3 Å². The largest absolute Gasteiger partial charge is 0.340 e. The van der Waals surface area contributed by atoms with Crippen LogP contribution in [0, 0.1) is 6.92 Å². The quantitative estimate of drug-likeness (QED) is 0.429. The molecule has 1 fully saturated rings. The highest BCUT2D eigenvalue weighted by Gasteiger charge is 2.22. The Morgan fingerprint density at radius 3 is 2.56 bits per heavy atom. The van der Waals surface area contributed by atoms with Crippen LogP contribution in [0.15, 0.2) is 65.5 Å². The Morgan fingerprint density at radius 2 is 1.79 bits per heavy atom. The maximum Gasteiger partial charge on any atom is 0.275 e. The van der Waals surface area contributed by atoms with Gasteiger partial charge in [-0.2, -0.15) is 9.61 Å². The molecule has 174 valence electrons. The predicted molar refractivity (Wildman–Crippen MR) is 134 cm³/mol. The molecule has 0 aliphatic carbocycles. The number of hydrogen-bond acceptors (Lipinski definition) is 6. The van der Waals surface area contributed by atoms with E-state index in [1.807, 2.05) is 48.2 Å². The van der Waals surface area contributed by atoms with Gasteiger partial charge in [0, 0.05) is 50.8 Å². The van der Waals surface area contributed by atoms with Gasteiger partial charge in [-0.3, -0.25) is 14.5 Å². The summed E-state index contributed by atoms with van der Waals surface area (Å²) in [5.41, 5.74) is 3.91. The minimum atomic E-state index is -0.162. The van der Waals surface area contributed by atoms with Crippen molar-refractivity contribution in [1.29, 1.82) is 0 Å². The summed E-state index contributed by atoms with van der Waals surface area (Å²) in [6, 6.07) is 19.8. The Bertz CT molecular complexity index is 1360. The number of benzene rings is 2. The molecule has 4 aromatic rings. The van der Waals surface area contributed by atoms with Gasteiger partial charge in [-0.15, -0.1) is 0 Å². The summed E-state index contributed by atoms with van der Waals surface area (Å²) in [5.74, 6) is 0.203. The number of carbonyl (C=O) groups is 1. The zero-order valence-corrected chi connectivity index (χ0v) is 20.0. The van der Waals surface area contributed by atoms with E-state index < -0.39 is 0 Å². The van der Waals surface area contributed by atoms with E-state index >= 15 is 0 Å². The Labute approximate surface area is 202 Å². The molecule has 1 saturated heterocycles. The monoisotopic (exact) mass is 473 g/mol. The second-order valence-electron chi connectivity index (χ2n) is 8.70. The molecule has 2 aromatic heterocycles. The van der Waals surface area contributed by atoms with Crippen LogP contribution in [0.5, 0.6) is 0 Å². The summed E-state index contributed by atoms with van der Waals surface area (Å²) in [5, 5.41) is 5.27. The Hall–Kier alpha value is -3.36. The number of amides is 1. The fraction of sp³-hybridized carbons (Fsp3) is 0.308. The van der Waals surface area contributed by atoms with E-state index in [1.54, 1.807) is 6.07 Å². The second kappa shape index (κ2) is 9.87. The molecule has 0 radical (unpaired) electrons. The van der Waals surface area contributed by atoms with Crippen LogP contribution < -0.4 is 5.56 Å². The molecular weight excluding hydrogens is 446 g/mol. The van der Waals surface area contributed by atoms with Crippen LogP contribution in [-0.4, -0.2) is 56.5 Å². The summed E-state index contributed by atoms with van der Waals surface area (Å²) in [7, 11) is 0. The third kappa shape index (κ3) is 5.08. The Balaban J connectivity index is 1.20. The van der Waals surface area contributed by atoms with Crippen LogP contribution in [0.3, 0.4) is 0 Å². The SMILES string of the molecule is Cc1cccc(-c2nn3c(=O)cc(CN4CCN(C(=O)CCc5ccccc5)CC4)nc3s2)c1. The van der Waals surface area contributed by atoms with Gasteiger partial charge in [0.2, 0.25) is 10.9 Å². The average Bonchev–Trinajstić information content (AvgIpc) is 3.29. The highest BCUT2D eigenvalue weighted by Crippen LogP contribution is 2.25. The van der Waals surface area contributed by atoms with Crippen LogP contribution in [0.1, 0.15) is 23.2 Å². The fourth-order valence-electron chi connectivity index (χ4n) is 4.27. The molecule has 0 unspecified atom stereocenters. The van der Waals surface area contributed by atoms with Crippen molar-refractivity contribution in [3.05, 3.63) is 87.8 Å². The maximum absolute atomic E-state index is 12.7. The number of rotatable bonds is 6. The van der Waals surface area contributed by atoms with Gasteiger partial charge in [-0.05, 0) is 25.0 Å². The normalized spacial score (nSPS) is 14.6. The highest BCUT2D eigenvalue weighted by atomic mass is 32.1. The van der Waals surface area contributed by atoms with Gasteiger partial charge in [-0.25, -0.2) is 4.98 Å². The fourth-order valence-corrected chi connectivity index (χ4v) is 5.19. The van der Waals surface area contributed by atoms with Gasteiger partial charge in [-0.1, -0.05) is 65.4 Å². The molecule has 1 aliphatic heterocycles. The van der Waals surface area contributed by atoms with Crippen molar-refractivity contribution >= 4 is 22.2 Å². The number of aromatic nitrogens is 3. The topological polar surface area (TPSA) is 70.8 Å². The van der Waals surface area contributed by atoms with Gasteiger partial charge in [0.1, 0.15) is 5.01 Å². The molecule has 2 aromatic carbocycles. The van der Waals surface area contributed by atoms with Crippen molar-refractivity contribution in [3.8, 4) is 10.6 Å². The van der Waals surface area contributed by atoms with E-state index in [-0.39, 0.29) is 11.5 Å². The van der Waals surface area contributed by atoms with Gasteiger partial charge < -0.3 is 4.90 Å². The van der Waals surface area contributed by atoms with E-state index in [0.29, 0.717) is 31.0 Å². The van der Waals surface area contributed by atoms with Crippen LogP contribution in [-0.2, 0) is 17.8 Å². The first-order chi connectivity index (χ1) is 16.5. The lowest BCUT2D eigenvalue weighted by Crippen LogP contribution is -2.48. The van der Waals surface area contributed by atoms with Crippen molar-refractivity contribution in [3.63, 3.8) is 0 Å². The smallest absolute Gasteiger partial charge is 0.275 e. The second-order valence-corrected chi connectivity index (χ2v) is 9.66. The van der Waals surface area contributed by atoms with E-state index in [0.717, 1.165) is 41.3 Å². The van der Waals surface area contributed by atoms with Gasteiger partial charge >= 0.3 is 0 Å². The molecule has 1 aliphatic rings. The molecule has 0 bridgehead atoms. The molecule has 8 heteroatoms. The lowest BCUT2D eigenvalue weighted by atomic mass is 10.1. The third-order valence-corrected chi connectivity index (χ3v) is 7.10. The molecular formula is C26H27N5O2S. The summed E-state index contributed by atoms with van der Waals surface area (Å²) in [6.45, 7) is 5.58. The number of piperazine rings is 1. The van der Waals surface area contributed by atoms with E-state index in [2.05, 4.69) is 28.2 Å². The van der Waals surface area contributed by atoms with Gasteiger partial charge in [0.15, 0.2) is 0 Å². The Morgan fingerprint density at radius 1 is 1.00 bits per heavy atom. The molecule has 7 nitrogen and oxygen atoms in total. The molecule has 5 rings (SSSR count). The predicted octanol–water partition coefficient (Wildman–Crippen LogP) is 3.40. The van der Waals surface area contributed by atoms with Gasteiger partial charge in [0.05, 0.1) is 5.69 Å². The molecule has 0 atom stereocenters. The van der Waals surface area contributed by atoms with Gasteiger partial charge in [0.25, 0.3) is 5.56 Å². The van der Waals surface area contributed by atoms with Crippen LogP contribution in [0.4, 0.5) is 0 Å². The van der Waals surface area contributed by atoms with Crippen LogP contribution in [0.2, 0.25) is 0 Å². The first-order valence-electron chi connectivity index (χ1n) is 11.6. The molecule has 0 saturated carbocycles. The zero-order chi connectivity index (χ0) is 23.5. The number of fused-ring (bicyclic) bond motifs is 1. The van der Waals surface area contributed by atoms with Crippen LogP contribution in [0.25, 0.3) is 15.5 Å². The standard InChI is InChI=1S/C26H27N5O2S/c1-19-6-5-9-21(16-19)25-28-31-24(33)17-22(27-26(31)34-25)18-29-12-14-30(15-13-29)23(32)11-10-20-7-3-2-4-8-20/h2-9,16-17H,10-15,18H2,1H3.